The lowest BCUT2D eigenvalue weighted by molar-refractivity contribution is -0.898. The number of benzene rings is 2. The highest BCUT2D eigenvalue weighted by Gasteiger charge is 2.30. The first-order chi connectivity index (χ1) is 15.1. The van der Waals surface area contributed by atoms with Gasteiger partial charge >= 0.3 is 0 Å². The number of carbonyl (C=O) groups excluding carboxylic acids is 2. The van der Waals surface area contributed by atoms with Crippen LogP contribution in [0.3, 0.4) is 0 Å². The number of likely N-dealkylation sites (tertiary alicyclic amines) is 1. The highest BCUT2D eigenvalue weighted by molar-refractivity contribution is 5.92. The van der Waals surface area contributed by atoms with E-state index in [1.54, 1.807) is 12.1 Å². The van der Waals surface area contributed by atoms with Crippen molar-refractivity contribution in [3.8, 4) is 0 Å². The first kappa shape index (κ1) is 21.3. The number of hydrogen-bond donors (Lipinski definition) is 2. The van der Waals surface area contributed by atoms with E-state index in [0.717, 1.165) is 31.6 Å². The highest BCUT2D eigenvalue weighted by atomic mass is 19.1. The Bertz CT molecular complexity index is 891. The molecule has 6 nitrogen and oxygen atoms in total. The second kappa shape index (κ2) is 9.92. The van der Waals surface area contributed by atoms with E-state index >= 15 is 0 Å². The normalized spacial score (nSPS) is 21.6. The van der Waals surface area contributed by atoms with Crippen LogP contribution in [0.5, 0.6) is 0 Å². The predicted octanol–water partition coefficient (Wildman–Crippen LogP) is 1.41. The van der Waals surface area contributed by atoms with E-state index in [2.05, 4.69) is 5.32 Å². The number of rotatable bonds is 5. The summed E-state index contributed by atoms with van der Waals surface area (Å²) >= 11 is 0. The molecule has 164 valence electrons. The molecular formula is C24H30FN4O2+. The quantitative estimate of drug-likeness (QED) is 0.762. The van der Waals surface area contributed by atoms with Crippen LogP contribution >= 0.6 is 0 Å². The van der Waals surface area contributed by atoms with Gasteiger partial charge in [-0.3, -0.25) is 9.59 Å². The zero-order valence-electron chi connectivity index (χ0n) is 17.7. The summed E-state index contributed by atoms with van der Waals surface area (Å²) < 4.78 is 14.0. The first-order valence-corrected chi connectivity index (χ1v) is 11.1. The number of para-hydroxylation sites is 2. The Balaban J connectivity index is 1.20. The van der Waals surface area contributed by atoms with E-state index in [9.17, 15) is 14.0 Å². The number of piperazine rings is 1. The second-order valence-corrected chi connectivity index (χ2v) is 8.38. The molecule has 2 fully saturated rings. The average Bonchev–Trinajstić information content (AvgIpc) is 2.80. The maximum absolute atomic E-state index is 14.0. The van der Waals surface area contributed by atoms with Crippen LogP contribution in [0.15, 0.2) is 54.6 Å². The van der Waals surface area contributed by atoms with E-state index < -0.39 is 0 Å². The van der Waals surface area contributed by atoms with Crippen LogP contribution in [-0.4, -0.2) is 62.5 Å². The molecule has 2 aromatic carbocycles. The van der Waals surface area contributed by atoms with Gasteiger partial charge in [-0.1, -0.05) is 30.3 Å². The molecule has 2 N–H and O–H groups in total. The molecule has 0 aliphatic carbocycles. The van der Waals surface area contributed by atoms with E-state index in [1.807, 2.05) is 46.2 Å². The van der Waals surface area contributed by atoms with Crippen molar-refractivity contribution < 1.29 is 18.9 Å². The summed E-state index contributed by atoms with van der Waals surface area (Å²) in [5.41, 5.74) is 1.43. The fourth-order valence-corrected chi connectivity index (χ4v) is 4.46. The molecule has 4 rings (SSSR count). The molecule has 2 aromatic rings. The van der Waals surface area contributed by atoms with Gasteiger partial charge in [0.15, 0.2) is 6.54 Å². The van der Waals surface area contributed by atoms with Crippen LogP contribution in [0.25, 0.3) is 0 Å². The zero-order chi connectivity index (χ0) is 21.6. The molecule has 2 amide bonds. The SMILES string of the molecule is O=C(Nc1ccccc1)C1CC[NH+](CC(=O)N2CCN(c3ccccc3F)CC2)CC1. The smallest absolute Gasteiger partial charge is 0.277 e. The van der Waals surface area contributed by atoms with Gasteiger partial charge in [-0.25, -0.2) is 4.39 Å². The van der Waals surface area contributed by atoms with Crippen LogP contribution in [0.2, 0.25) is 0 Å². The van der Waals surface area contributed by atoms with Crippen molar-refractivity contribution in [3.63, 3.8) is 0 Å². The minimum Gasteiger partial charge on any atom is -0.366 e. The van der Waals surface area contributed by atoms with E-state index in [4.69, 9.17) is 0 Å². The van der Waals surface area contributed by atoms with Gasteiger partial charge in [-0.15, -0.1) is 0 Å². The van der Waals surface area contributed by atoms with Gasteiger partial charge in [-0.05, 0) is 24.3 Å². The fourth-order valence-electron chi connectivity index (χ4n) is 4.46. The number of halogens is 1. The Kier molecular flexibility index (Phi) is 6.82. The van der Waals surface area contributed by atoms with Crippen molar-refractivity contribution in [2.24, 2.45) is 5.92 Å². The van der Waals surface area contributed by atoms with Gasteiger partial charge in [0.2, 0.25) is 5.91 Å². The fraction of sp³-hybridized carbons (Fsp3) is 0.417. The van der Waals surface area contributed by atoms with Crippen molar-refractivity contribution in [2.45, 2.75) is 12.8 Å². The van der Waals surface area contributed by atoms with Crippen LogP contribution in [-0.2, 0) is 9.59 Å². The second-order valence-electron chi connectivity index (χ2n) is 8.38. The third kappa shape index (κ3) is 5.41. The lowest BCUT2D eigenvalue weighted by Gasteiger charge is -2.37. The van der Waals surface area contributed by atoms with Gasteiger partial charge in [0.05, 0.1) is 18.8 Å². The summed E-state index contributed by atoms with van der Waals surface area (Å²) in [7, 11) is 0. The largest absolute Gasteiger partial charge is 0.366 e. The lowest BCUT2D eigenvalue weighted by Crippen LogP contribution is -3.14. The van der Waals surface area contributed by atoms with Gasteiger partial charge in [0, 0.05) is 50.6 Å². The Morgan fingerprint density at radius 3 is 2.26 bits per heavy atom. The first-order valence-electron chi connectivity index (χ1n) is 11.1. The van der Waals surface area contributed by atoms with Gasteiger partial charge in [-0.2, -0.15) is 0 Å². The third-order valence-corrected chi connectivity index (χ3v) is 6.33. The lowest BCUT2D eigenvalue weighted by atomic mass is 9.95. The van der Waals surface area contributed by atoms with E-state index in [1.165, 1.54) is 11.0 Å². The Morgan fingerprint density at radius 1 is 0.935 bits per heavy atom. The van der Waals surface area contributed by atoms with Crippen LogP contribution in [0, 0.1) is 11.7 Å². The molecule has 0 radical (unpaired) electrons. The summed E-state index contributed by atoms with van der Waals surface area (Å²) in [4.78, 5) is 30.4. The van der Waals surface area contributed by atoms with Crippen molar-refractivity contribution in [3.05, 3.63) is 60.4 Å². The van der Waals surface area contributed by atoms with Crippen molar-refractivity contribution in [1.29, 1.82) is 0 Å². The highest BCUT2D eigenvalue weighted by Crippen LogP contribution is 2.20. The number of piperidine rings is 1. The number of hydrogen-bond acceptors (Lipinski definition) is 3. The molecule has 0 saturated carbocycles. The minimum atomic E-state index is -0.217. The Labute approximate surface area is 182 Å². The molecule has 2 heterocycles. The maximum Gasteiger partial charge on any atom is 0.277 e. The number of nitrogens with zero attached hydrogens (tertiary/aromatic N) is 2. The summed E-state index contributed by atoms with van der Waals surface area (Å²) in [6.45, 7) is 4.63. The molecule has 0 spiro atoms. The van der Waals surface area contributed by atoms with Crippen LogP contribution in [0.4, 0.5) is 15.8 Å². The monoisotopic (exact) mass is 425 g/mol. The van der Waals surface area contributed by atoms with Crippen molar-refractivity contribution in [2.75, 3.05) is 56.0 Å². The molecule has 0 aromatic heterocycles. The molecule has 0 bridgehead atoms. The number of carbonyl (C=O) groups is 2. The molecule has 2 aliphatic rings. The van der Waals surface area contributed by atoms with Crippen molar-refractivity contribution in [1.82, 2.24) is 4.90 Å². The number of amides is 2. The Morgan fingerprint density at radius 2 is 1.58 bits per heavy atom. The minimum absolute atomic E-state index is 0.00312. The standard InChI is InChI=1S/C24H29FN4O2/c25-21-8-4-5-9-22(21)28-14-16-29(17-15-28)23(30)18-27-12-10-19(11-13-27)24(31)26-20-6-2-1-3-7-20/h1-9,19H,10-18H2,(H,26,31)/p+1. The van der Waals surface area contributed by atoms with E-state index in [0.29, 0.717) is 38.4 Å². The Hall–Kier alpha value is -2.93. The average molecular weight is 426 g/mol. The number of anilines is 2. The maximum atomic E-state index is 14.0. The molecule has 0 atom stereocenters. The third-order valence-electron chi connectivity index (χ3n) is 6.33. The molecule has 7 heteroatoms. The summed E-state index contributed by atoms with van der Waals surface area (Å²) in [6, 6.07) is 16.3. The van der Waals surface area contributed by atoms with Crippen LogP contribution < -0.4 is 15.1 Å². The van der Waals surface area contributed by atoms with Gasteiger partial charge in [0.25, 0.3) is 5.91 Å². The molecule has 31 heavy (non-hydrogen) atoms. The number of nitrogens with one attached hydrogen (secondary N) is 2. The summed E-state index contributed by atoms with van der Waals surface area (Å²) in [5.74, 6) is 0.00507. The summed E-state index contributed by atoms with van der Waals surface area (Å²) in [5, 5.41) is 2.99. The number of quaternary nitrogens is 1. The summed E-state index contributed by atoms with van der Waals surface area (Å²) in [6.07, 6.45) is 1.59. The molecule has 2 aliphatic heterocycles. The van der Waals surface area contributed by atoms with Gasteiger partial charge < -0.3 is 20.0 Å². The molecule has 0 unspecified atom stereocenters. The molecular weight excluding hydrogens is 395 g/mol. The zero-order valence-corrected chi connectivity index (χ0v) is 17.7. The molecule has 2 saturated heterocycles. The topological polar surface area (TPSA) is 57.1 Å². The van der Waals surface area contributed by atoms with Crippen LogP contribution in [0.1, 0.15) is 12.8 Å². The predicted molar refractivity (Wildman–Crippen MR) is 119 cm³/mol. The van der Waals surface area contributed by atoms with Crippen molar-refractivity contribution >= 4 is 23.2 Å². The van der Waals surface area contributed by atoms with Gasteiger partial charge in [0.1, 0.15) is 5.82 Å². The van der Waals surface area contributed by atoms with E-state index in [-0.39, 0.29) is 23.5 Å².